The van der Waals surface area contributed by atoms with E-state index in [0.29, 0.717) is 12.3 Å². The standard InChI is InChI=1S/C24H29F2NO3/c1-4-5-6-7-17(2)18(3)8-13-21-16-24(25,26)23(30)27(21)15-14-19-9-11-20(12-10-19)22(28)29/h8-13,17-18,21H,4,7,14-16H2,1-3H3,(H,28,29)/b13-8+/t17?,18-,21-/m0/s1. The van der Waals surface area contributed by atoms with E-state index >= 15 is 0 Å². The van der Waals surface area contributed by atoms with Crippen LogP contribution in [-0.4, -0.2) is 40.4 Å². The lowest BCUT2D eigenvalue weighted by atomic mass is 9.92. The lowest BCUT2D eigenvalue weighted by molar-refractivity contribution is -0.148. The number of halogens is 2. The predicted octanol–water partition coefficient (Wildman–Crippen LogP) is 4.80. The van der Waals surface area contributed by atoms with Gasteiger partial charge in [-0.3, -0.25) is 4.79 Å². The first-order chi connectivity index (χ1) is 14.2. The van der Waals surface area contributed by atoms with E-state index in [1.807, 2.05) is 19.9 Å². The molecule has 1 unspecified atom stereocenters. The van der Waals surface area contributed by atoms with Gasteiger partial charge in [0.05, 0.1) is 11.6 Å². The first-order valence-corrected chi connectivity index (χ1v) is 10.3. The largest absolute Gasteiger partial charge is 0.478 e. The minimum Gasteiger partial charge on any atom is -0.478 e. The van der Waals surface area contributed by atoms with Gasteiger partial charge in [0.2, 0.25) is 0 Å². The fourth-order valence-electron chi connectivity index (χ4n) is 3.36. The van der Waals surface area contributed by atoms with Gasteiger partial charge >= 0.3 is 11.9 Å². The predicted molar refractivity (Wildman–Crippen MR) is 112 cm³/mol. The van der Waals surface area contributed by atoms with Crippen LogP contribution in [0.25, 0.3) is 0 Å². The molecule has 30 heavy (non-hydrogen) atoms. The quantitative estimate of drug-likeness (QED) is 0.488. The number of rotatable bonds is 8. The average Bonchev–Trinajstić information content (AvgIpc) is 2.93. The van der Waals surface area contributed by atoms with Crippen LogP contribution in [0.1, 0.15) is 56.0 Å². The first kappa shape index (κ1) is 23.6. The van der Waals surface area contributed by atoms with Gasteiger partial charge in [-0.2, -0.15) is 8.78 Å². The fraction of sp³-hybridized carbons (Fsp3) is 0.500. The van der Waals surface area contributed by atoms with Crippen LogP contribution in [0.3, 0.4) is 0 Å². The topological polar surface area (TPSA) is 57.6 Å². The molecule has 0 aliphatic carbocycles. The molecule has 0 saturated carbocycles. The van der Waals surface area contributed by atoms with E-state index in [9.17, 15) is 18.4 Å². The Labute approximate surface area is 177 Å². The smallest absolute Gasteiger partial charge is 0.335 e. The number of nitrogens with zero attached hydrogens (tertiary/aromatic N) is 1. The average molecular weight is 417 g/mol. The Morgan fingerprint density at radius 1 is 1.30 bits per heavy atom. The van der Waals surface area contributed by atoms with Gasteiger partial charge in [-0.05, 0) is 36.0 Å². The number of hydrogen-bond donors (Lipinski definition) is 1. The molecule has 162 valence electrons. The number of carbonyl (C=O) groups excluding carboxylic acids is 1. The number of carbonyl (C=O) groups is 2. The van der Waals surface area contributed by atoms with Crippen LogP contribution < -0.4 is 0 Å². The van der Waals surface area contributed by atoms with Gasteiger partial charge in [-0.25, -0.2) is 4.79 Å². The molecule has 1 aromatic carbocycles. The number of amides is 1. The number of likely N-dealkylation sites (tertiary alicyclic amines) is 1. The SMILES string of the molecule is CCC#CCC(C)[C@@H](C)/C=C/[C@H]1CC(F)(F)C(=O)N1CCc1ccc(C(=O)O)cc1. The molecule has 1 fully saturated rings. The molecular formula is C24H29F2NO3. The van der Waals surface area contributed by atoms with Crippen molar-refractivity contribution in [2.75, 3.05) is 6.54 Å². The van der Waals surface area contributed by atoms with E-state index in [2.05, 4.69) is 18.8 Å². The molecular weight excluding hydrogens is 388 g/mol. The molecule has 0 radical (unpaired) electrons. The number of allylic oxidation sites excluding steroid dienone is 1. The molecule has 1 saturated heterocycles. The second-order valence-corrected chi connectivity index (χ2v) is 7.86. The number of hydrogen-bond acceptors (Lipinski definition) is 2. The summed E-state index contributed by atoms with van der Waals surface area (Å²) in [7, 11) is 0. The molecule has 1 aliphatic heterocycles. The summed E-state index contributed by atoms with van der Waals surface area (Å²) in [6.07, 6.45) is 5.05. The van der Waals surface area contributed by atoms with Crippen molar-refractivity contribution in [3.8, 4) is 11.8 Å². The van der Waals surface area contributed by atoms with E-state index in [4.69, 9.17) is 5.11 Å². The normalized spacial score (nSPS) is 20.1. The Balaban J connectivity index is 2.04. The van der Waals surface area contributed by atoms with Crippen LogP contribution in [0, 0.1) is 23.7 Å². The van der Waals surface area contributed by atoms with Crippen LogP contribution in [0.5, 0.6) is 0 Å². The number of carboxylic acid groups (broad SMARTS) is 1. The molecule has 0 spiro atoms. The Bertz CT molecular complexity index is 836. The molecule has 6 heteroatoms. The van der Waals surface area contributed by atoms with Crippen molar-refractivity contribution in [1.29, 1.82) is 0 Å². The number of aromatic carboxylic acids is 1. The second-order valence-electron chi connectivity index (χ2n) is 7.86. The highest BCUT2D eigenvalue weighted by Gasteiger charge is 2.52. The third-order valence-electron chi connectivity index (χ3n) is 5.54. The van der Waals surface area contributed by atoms with Gasteiger partial charge in [-0.1, -0.05) is 45.1 Å². The molecule has 1 aromatic rings. The summed E-state index contributed by atoms with van der Waals surface area (Å²) in [5, 5.41) is 8.96. The lowest BCUT2D eigenvalue weighted by Crippen LogP contribution is -2.37. The zero-order chi connectivity index (χ0) is 22.3. The third kappa shape index (κ3) is 6.16. The van der Waals surface area contributed by atoms with Crippen molar-refractivity contribution in [3.05, 3.63) is 47.5 Å². The van der Waals surface area contributed by atoms with Crippen LogP contribution in [-0.2, 0) is 11.2 Å². The Morgan fingerprint density at radius 3 is 2.57 bits per heavy atom. The molecule has 1 heterocycles. The van der Waals surface area contributed by atoms with Gasteiger partial charge in [0.25, 0.3) is 5.91 Å². The van der Waals surface area contributed by atoms with Crippen LogP contribution in [0.2, 0.25) is 0 Å². The zero-order valence-electron chi connectivity index (χ0n) is 17.7. The summed E-state index contributed by atoms with van der Waals surface area (Å²) in [6.45, 7) is 6.25. The molecule has 1 N–H and O–H groups in total. The number of carboxylic acids is 1. The highest BCUT2D eigenvalue weighted by atomic mass is 19.3. The highest BCUT2D eigenvalue weighted by Crippen LogP contribution is 2.34. The van der Waals surface area contributed by atoms with Gasteiger partial charge in [0.15, 0.2) is 0 Å². The van der Waals surface area contributed by atoms with Gasteiger partial charge in [0.1, 0.15) is 0 Å². The van der Waals surface area contributed by atoms with E-state index in [1.165, 1.54) is 17.0 Å². The Hall–Kier alpha value is -2.68. The van der Waals surface area contributed by atoms with Gasteiger partial charge in [0, 0.05) is 25.8 Å². The maximum Gasteiger partial charge on any atom is 0.335 e. The fourth-order valence-corrected chi connectivity index (χ4v) is 3.36. The van der Waals surface area contributed by atoms with E-state index in [-0.39, 0.29) is 18.0 Å². The van der Waals surface area contributed by atoms with Gasteiger partial charge in [-0.15, -0.1) is 11.8 Å². The summed E-state index contributed by atoms with van der Waals surface area (Å²) in [5.74, 6) is 1.08. The number of benzene rings is 1. The molecule has 2 rings (SSSR count). The Kier molecular flexibility index (Phi) is 8.16. The summed E-state index contributed by atoms with van der Waals surface area (Å²) in [4.78, 5) is 24.4. The van der Waals surface area contributed by atoms with Crippen molar-refractivity contribution in [3.63, 3.8) is 0 Å². The summed E-state index contributed by atoms with van der Waals surface area (Å²) in [5.41, 5.74) is 0.956. The van der Waals surface area contributed by atoms with Crippen molar-refractivity contribution in [2.24, 2.45) is 11.8 Å². The van der Waals surface area contributed by atoms with Crippen LogP contribution >= 0.6 is 0 Å². The second kappa shape index (κ2) is 10.4. The minimum atomic E-state index is -3.36. The van der Waals surface area contributed by atoms with Crippen LogP contribution in [0.15, 0.2) is 36.4 Å². The van der Waals surface area contributed by atoms with E-state index in [0.717, 1.165) is 18.4 Å². The van der Waals surface area contributed by atoms with Crippen molar-refractivity contribution >= 4 is 11.9 Å². The molecule has 0 aromatic heterocycles. The van der Waals surface area contributed by atoms with Crippen molar-refractivity contribution < 1.29 is 23.5 Å². The third-order valence-corrected chi connectivity index (χ3v) is 5.54. The molecule has 1 aliphatic rings. The number of alkyl halides is 2. The van der Waals surface area contributed by atoms with E-state index in [1.54, 1.807) is 18.2 Å². The Morgan fingerprint density at radius 2 is 1.97 bits per heavy atom. The molecule has 0 bridgehead atoms. The maximum absolute atomic E-state index is 14.1. The lowest BCUT2D eigenvalue weighted by Gasteiger charge is -2.22. The first-order valence-electron chi connectivity index (χ1n) is 10.3. The molecule has 3 atom stereocenters. The zero-order valence-corrected chi connectivity index (χ0v) is 17.7. The summed E-state index contributed by atoms with van der Waals surface area (Å²) in [6, 6.07) is 5.59. The maximum atomic E-state index is 14.1. The molecule has 4 nitrogen and oxygen atoms in total. The van der Waals surface area contributed by atoms with E-state index < -0.39 is 30.3 Å². The summed E-state index contributed by atoms with van der Waals surface area (Å²) >= 11 is 0. The van der Waals surface area contributed by atoms with Crippen molar-refractivity contribution in [2.45, 2.75) is 58.4 Å². The van der Waals surface area contributed by atoms with Crippen LogP contribution in [0.4, 0.5) is 8.78 Å². The molecule has 1 amide bonds. The van der Waals surface area contributed by atoms with Gasteiger partial charge < -0.3 is 10.0 Å². The minimum absolute atomic E-state index is 0.155. The van der Waals surface area contributed by atoms with Crippen molar-refractivity contribution in [1.82, 2.24) is 4.90 Å². The highest BCUT2D eigenvalue weighted by molar-refractivity contribution is 5.87. The summed E-state index contributed by atoms with van der Waals surface area (Å²) < 4.78 is 28.2. The monoisotopic (exact) mass is 417 g/mol.